The first-order valence-electron chi connectivity index (χ1n) is 44.2. The fourth-order valence-corrected chi connectivity index (χ4v) is 18.2. The average molecular weight is 1700 g/mol. The molecule has 4 aliphatic rings. The lowest BCUT2D eigenvalue weighted by Gasteiger charge is -2.32. The predicted octanol–water partition coefficient (Wildman–Crippen LogP) is 20.1. The molecule has 128 heavy (non-hydrogen) atoms. The van der Waals surface area contributed by atoms with Crippen molar-refractivity contribution in [3.05, 3.63) is 306 Å². The van der Waals surface area contributed by atoms with Crippen LogP contribution in [0.1, 0.15) is 115 Å². The van der Waals surface area contributed by atoms with Crippen molar-refractivity contribution in [1.29, 1.82) is 0 Å². The summed E-state index contributed by atoms with van der Waals surface area (Å²) in [6, 6.07) is 83.0. The van der Waals surface area contributed by atoms with E-state index >= 15 is 0 Å². The summed E-state index contributed by atoms with van der Waals surface area (Å²) in [7, 11) is 9.44. The van der Waals surface area contributed by atoms with Gasteiger partial charge in [-0.25, -0.2) is 34.1 Å². The molecular weight excluding hydrogens is 1600 g/mol. The average Bonchev–Trinajstić information content (AvgIpc) is 1.60. The zero-order valence-electron chi connectivity index (χ0n) is 73.1. The van der Waals surface area contributed by atoms with E-state index in [2.05, 4.69) is 239 Å². The number of carboxylic acids is 4. The first-order valence-corrected chi connectivity index (χ1v) is 44.2. The number of piperazine rings is 1. The van der Waals surface area contributed by atoms with Crippen LogP contribution in [0.5, 0.6) is 0 Å². The second-order valence-electron chi connectivity index (χ2n) is 34.4. The zero-order chi connectivity index (χ0) is 88.5. The highest BCUT2D eigenvalue weighted by Crippen LogP contribution is 2.37. The fraction of sp³-hybridized carbons (Fsp3) is 0.255. The first kappa shape index (κ1) is 86.3. The summed E-state index contributed by atoms with van der Waals surface area (Å²) >= 11 is 0. The molecule has 4 saturated heterocycles. The van der Waals surface area contributed by atoms with E-state index < -0.39 is 23.9 Å². The van der Waals surface area contributed by atoms with Gasteiger partial charge in [0.1, 0.15) is 22.1 Å². The summed E-state index contributed by atoms with van der Waals surface area (Å²) in [5.41, 5.74) is 28.0. The number of benzene rings is 12. The highest BCUT2D eigenvalue weighted by atomic mass is 16.4. The molecule has 16 aromatic rings. The van der Waals surface area contributed by atoms with Gasteiger partial charge >= 0.3 is 23.9 Å². The zero-order valence-corrected chi connectivity index (χ0v) is 73.1. The van der Waals surface area contributed by atoms with Gasteiger partial charge in [0.05, 0.1) is 63.3 Å². The number of carboxylic acid groups (broad SMARTS) is 4. The maximum Gasteiger partial charge on any atom is 0.338 e. The smallest absolute Gasteiger partial charge is 0.338 e. The van der Waals surface area contributed by atoms with Crippen LogP contribution in [0.2, 0.25) is 0 Å². The third kappa shape index (κ3) is 20.2. The maximum atomic E-state index is 11.8. The highest BCUT2D eigenvalue weighted by molar-refractivity contribution is 6.06. The largest absolute Gasteiger partial charge is 0.478 e. The molecule has 0 radical (unpaired) electrons. The molecule has 0 unspecified atom stereocenters. The number of rotatable bonds is 20. The fourth-order valence-electron chi connectivity index (χ4n) is 18.2. The topological polar surface area (TPSA) is 250 Å². The number of likely N-dealkylation sites (tertiary alicyclic amines) is 3. The monoisotopic (exact) mass is 1700 g/mol. The van der Waals surface area contributed by atoms with Crippen LogP contribution in [0.15, 0.2) is 262 Å². The minimum Gasteiger partial charge on any atom is -0.478 e. The molecule has 8 heterocycles. The van der Waals surface area contributed by atoms with Crippen molar-refractivity contribution in [2.24, 2.45) is 28.2 Å². The molecule has 648 valence electrons. The summed E-state index contributed by atoms with van der Waals surface area (Å²) in [6.45, 7) is 15.6. The first-order chi connectivity index (χ1) is 62.2. The van der Waals surface area contributed by atoms with E-state index in [0.29, 0.717) is 33.1 Å². The summed E-state index contributed by atoms with van der Waals surface area (Å²) in [5.74, 6) is -3.87. The second kappa shape index (κ2) is 38.9. The molecule has 22 heteroatoms. The van der Waals surface area contributed by atoms with Crippen molar-refractivity contribution in [3.63, 3.8) is 0 Å². The Bertz CT molecular complexity index is 6680. The van der Waals surface area contributed by atoms with Gasteiger partial charge in [-0.1, -0.05) is 183 Å². The van der Waals surface area contributed by atoms with Crippen LogP contribution in [-0.4, -0.2) is 185 Å². The Labute approximate surface area is 744 Å². The van der Waals surface area contributed by atoms with Crippen LogP contribution < -0.4 is 0 Å². The van der Waals surface area contributed by atoms with Crippen LogP contribution in [0.3, 0.4) is 0 Å². The summed E-state index contributed by atoms with van der Waals surface area (Å²) in [6.07, 6.45) is 15.5. The van der Waals surface area contributed by atoms with Crippen LogP contribution in [0, 0.1) is 0 Å². The van der Waals surface area contributed by atoms with Crippen LogP contribution in [0.4, 0.5) is 0 Å². The SMILES string of the molecule is CN1CCN(Cc2cccc(-c3ccc(-c4cc(C(=O)O)c5c(c4)ncn5C)cc3)c2)CC1.Cn1cnc2c(C(=O)O)cc(-c3ccc(-c4cccc(CN5CCCC5)c4)cc3)cc21.Cn1cnc2c(C(=O)O)cc(-c3ccc(-c4cccc(CN5CCCCC5)c4)cc3)cc21.Cn1nc2cc(-c3ccc(-c4cccc(CN5CCCCC5)c4)cc3)cc(C(=O)O)c2n1. The van der Waals surface area contributed by atoms with E-state index in [1.807, 2.05) is 66.7 Å². The number of hydrogen-bond donors (Lipinski definition) is 4. The molecule has 0 amide bonds. The molecule has 4 aromatic heterocycles. The molecule has 4 aliphatic heterocycles. The molecule has 0 atom stereocenters. The van der Waals surface area contributed by atoms with Gasteiger partial charge in [-0.15, -0.1) is 0 Å². The molecule has 0 aliphatic carbocycles. The van der Waals surface area contributed by atoms with Crippen molar-refractivity contribution < 1.29 is 39.6 Å². The molecule has 0 bridgehead atoms. The Morgan fingerprint density at radius 3 is 0.898 bits per heavy atom. The van der Waals surface area contributed by atoms with Gasteiger partial charge in [-0.3, -0.25) is 19.6 Å². The van der Waals surface area contributed by atoms with Gasteiger partial charge in [0.2, 0.25) is 0 Å². The molecule has 4 fully saturated rings. The maximum absolute atomic E-state index is 11.8. The molecule has 0 saturated carbocycles. The number of likely N-dealkylation sites (N-methyl/N-ethyl adjacent to an activating group) is 1. The van der Waals surface area contributed by atoms with Gasteiger partial charge in [-0.2, -0.15) is 15.0 Å². The van der Waals surface area contributed by atoms with Crippen molar-refractivity contribution in [1.82, 2.24) is 68.1 Å². The second-order valence-corrected chi connectivity index (χ2v) is 34.4. The number of hydrogen-bond acceptors (Lipinski definition) is 14. The standard InChI is InChI=1S/C27H28N4O2.C27H27N3O2.C26H26N4O2.C26H25N3O2/c1-29-10-12-31(13-11-29)17-19-4-3-5-22(14-19)20-6-8-21(9-7-20)23-15-24(27(32)33)26-25(16-23)28-18-30(26)2;1-29-18-28-26-24(27(31)32)15-23(16-25(26)29)21-10-8-20(9-11-21)22-7-5-6-19(14-22)17-30-12-3-2-4-13-30;1-29-27-24-16-22(15-23(26(31)32)25(24)28-29)20-10-8-19(9-11-20)21-7-5-6-18(14-21)17-30-12-3-2-4-13-30;1-28-17-27-25-23(26(30)31)14-22(15-24(25)28)20-9-7-19(8-10-20)21-6-4-5-18(13-21)16-29-11-2-3-12-29/h3-9,14-16,18H,10-13,17H2,1-2H3,(H,32,33);5-11,14-16,18H,2-4,12-13,17H2,1H3,(H,31,32);5-11,14-16H,2-4,12-13,17H2,1H3,(H,31,32);4-10,13-15,17H,2-3,11-12,16H2,1H3,(H,30,31). The number of carbonyl (C=O) groups is 4. The Balaban J connectivity index is 0.000000120. The molecular formula is C106H106N14O8. The van der Waals surface area contributed by atoms with E-state index in [1.54, 1.807) is 54.9 Å². The number of fused-ring (bicyclic) bond motifs is 4. The van der Waals surface area contributed by atoms with E-state index in [4.69, 9.17) is 0 Å². The third-order valence-electron chi connectivity index (χ3n) is 25.2. The molecule has 0 spiro atoms. The van der Waals surface area contributed by atoms with E-state index in [9.17, 15) is 39.6 Å². The minimum absolute atomic E-state index is 0.167. The van der Waals surface area contributed by atoms with E-state index in [1.165, 1.54) is 140 Å². The van der Waals surface area contributed by atoms with Crippen molar-refractivity contribution >= 4 is 68.0 Å². The van der Waals surface area contributed by atoms with Crippen LogP contribution in [0.25, 0.3) is 133 Å². The normalized spacial score (nSPS) is 14.7. The quantitative estimate of drug-likeness (QED) is 0.0553. The molecule has 4 N–H and O–H groups in total. The molecule has 20 rings (SSSR count). The van der Waals surface area contributed by atoms with Crippen LogP contribution in [-0.2, 0) is 54.4 Å². The van der Waals surface area contributed by atoms with Gasteiger partial charge < -0.3 is 39.0 Å². The Morgan fingerprint density at radius 1 is 0.266 bits per heavy atom. The van der Waals surface area contributed by atoms with Gasteiger partial charge in [0, 0.05) is 80.5 Å². The lowest BCUT2D eigenvalue weighted by molar-refractivity contribution is 0.0688. The molecule has 22 nitrogen and oxygen atoms in total. The van der Waals surface area contributed by atoms with Crippen molar-refractivity contribution in [2.45, 2.75) is 77.5 Å². The van der Waals surface area contributed by atoms with Crippen molar-refractivity contribution in [3.8, 4) is 89.0 Å². The Morgan fingerprint density at radius 2 is 0.555 bits per heavy atom. The highest BCUT2D eigenvalue weighted by Gasteiger charge is 2.24. The van der Waals surface area contributed by atoms with Gasteiger partial charge in [-0.05, 0) is 269 Å². The Hall–Kier alpha value is -13.9. The van der Waals surface area contributed by atoms with Gasteiger partial charge in [0.15, 0.2) is 0 Å². The number of aromatic nitrogens is 9. The third-order valence-corrected chi connectivity index (χ3v) is 25.2. The Kier molecular flexibility index (Phi) is 26.2. The summed E-state index contributed by atoms with van der Waals surface area (Å²) in [5, 5.41) is 47.1. The van der Waals surface area contributed by atoms with Crippen LogP contribution >= 0.6 is 0 Å². The van der Waals surface area contributed by atoms with E-state index in [-0.39, 0.29) is 22.3 Å². The number of nitrogens with zero attached hydrogens (tertiary/aromatic N) is 14. The molecule has 12 aromatic carbocycles. The van der Waals surface area contributed by atoms with Gasteiger partial charge in [0.25, 0.3) is 0 Å². The van der Waals surface area contributed by atoms with E-state index in [0.717, 1.165) is 130 Å². The number of aromatic carboxylic acids is 4. The number of imidazole rings is 3. The summed E-state index contributed by atoms with van der Waals surface area (Å²) < 4.78 is 5.46. The lowest BCUT2D eigenvalue weighted by Crippen LogP contribution is -2.43. The predicted molar refractivity (Wildman–Crippen MR) is 508 cm³/mol. The minimum atomic E-state index is -1.00. The van der Waals surface area contributed by atoms with Crippen molar-refractivity contribution in [2.75, 3.05) is 72.5 Å². The number of aryl methyl sites for hydroxylation is 4. The number of piperidine rings is 2. The lowest BCUT2D eigenvalue weighted by atomic mass is 9.97. The summed E-state index contributed by atoms with van der Waals surface area (Å²) in [4.78, 5) is 73.8.